The van der Waals surface area contributed by atoms with Crippen LogP contribution in [0.3, 0.4) is 0 Å². The lowest BCUT2D eigenvalue weighted by Gasteiger charge is -2.45. The van der Waals surface area contributed by atoms with Crippen LogP contribution < -0.4 is 5.32 Å². The molecule has 0 aromatic heterocycles. The van der Waals surface area contributed by atoms with E-state index < -0.39 is 0 Å². The minimum Gasteiger partial charge on any atom is -0.316 e. The van der Waals surface area contributed by atoms with Crippen molar-refractivity contribution in [3.8, 4) is 0 Å². The van der Waals surface area contributed by atoms with Gasteiger partial charge in [-0.1, -0.05) is 6.42 Å². The second-order valence-electron chi connectivity index (χ2n) is 9.90. The van der Waals surface area contributed by atoms with Gasteiger partial charge in [-0.15, -0.1) is 0 Å². The third kappa shape index (κ3) is 2.40. The number of nitrogens with one attached hydrogen (secondary N) is 1. The van der Waals surface area contributed by atoms with Crippen LogP contribution in [0.1, 0.15) is 51.4 Å². The number of piperidine rings is 3. The summed E-state index contributed by atoms with van der Waals surface area (Å²) in [6.07, 6.45) is 11.7. The van der Waals surface area contributed by atoms with Crippen LogP contribution in [0, 0.1) is 11.8 Å². The third-order valence-electron chi connectivity index (χ3n) is 8.91. The molecule has 1 N–H and O–H groups in total. The molecule has 0 aromatic carbocycles. The molecule has 4 nitrogen and oxygen atoms in total. The fraction of sp³-hybridized carbons (Fsp3) is 1.00. The summed E-state index contributed by atoms with van der Waals surface area (Å²) in [6, 6.07) is 4.51. The van der Waals surface area contributed by atoms with Gasteiger partial charge in [-0.25, -0.2) is 0 Å². The molecular weight excluding hydrogens is 308 g/mol. The number of hydrogen-bond acceptors (Lipinski definition) is 4. The van der Waals surface area contributed by atoms with Crippen molar-refractivity contribution in [3.05, 3.63) is 0 Å². The van der Waals surface area contributed by atoms with Gasteiger partial charge >= 0.3 is 0 Å². The lowest BCUT2D eigenvalue weighted by Crippen LogP contribution is -2.56. The largest absolute Gasteiger partial charge is 0.316 e. The smallest absolute Gasteiger partial charge is 0.0307 e. The van der Waals surface area contributed by atoms with E-state index >= 15 is 0 Å². The highest BCUT2D eigenvalue weighted by atomic mass is 15.3. The molecule has 6 heterocycles. The zero-order valence-electron chi connectivity index (χ0n) is 15.8. The summed E-state index contributed by atoms with van der Waals surface area (Å²) in [5, 5.41) is 3.75. The predicted molar refractivity (Wildman–Crippen MR) is 101 cm³/mol. The maximum Gasteiger partial charge on any atom is 0.0307 e. The monoisotopic (exact) mass is 344 g/mol. The molecule has 0 spiro atoms. The molecule has 6 fully saturated rings. The van der Waals surface area contributed by atoms with Crippen LogP contribution in [0.15, 0.2) is 0 Å². The molecular formula is C21H36N4. The molecule has 6 saturated heterocycles. The summed E-state index contributed by atoms with van der Waals surface area (Å²) in [7, 11) is 0. The Morgan fingerprint density at radius 3 is 2.72 bits per heavy atom. The predicted octanol–water partition coefficient (Wildman–Crippen LogP) is 1.76. The standard InChI is InChI=1S/C21H36N4/c1-2-9-25-19-6-8-22-13-17(19)21(20(25)5-1)23-11-7-18-15(14-23)12-16-4-3-10-24(16)18/h15-22H,1-14H2. The SMILES string of the molecule is C1CCN2C3CCNCC3C(N3CCC4C(CC5CCCN54)C3)C2C1. The lowest BCUT2D eigenvalue weighted by molar-refractivity contribution is 0.0448. The van der Waals surface area contributed by atoms with E-state index in [1.807, 2.05) is 0 Å². The Morgan fingerprint density at radius 2 is 1.72 bits per heavy atom. The van der Waals surface area contributed by atoms with Gasteiger partial charge < -0.3 is 5.32 Å². The van der Waals surface area contributed by atoms with Gasteiger partial charge in [0.1, 0.15) is 0 Å². The van der Waals surface area contributed by atoms with Gasteiger partial charge in [0.2, 0.25) is 0 Å². The van der Waals surface area contributed by atoms with E-state index in [4.69, 9.17) is 0 Å². The van der Waals surface area contributed by atoms with E-state index in [1.54, 1.807) is 0 Å². The molecule has 0 aliphatic carbocycles. The first-order chi connectivity index (χ1) is 12.4. The molecule has 0 saturated carbocycles. The summed E-state index contributed by atoms with van der Waals surface area (Å²) >= 11 is 0. The zero-order chi connectivity index (χ0) is 16.4. The maximum absolute atomic E-state index is 3.75. The summed E-state index contributed by atoms with van der Waals surface area (Å²) in [6.45, 7) is 8.11. The summed E-state index contributed by atoms with van der Waals surface area (Å²) in [5.74, 6) is 1.88. The van der Waals surface area contributed by atoms with E-state index in [1.165, 1.54) is 90.6 Å². The number of hydrogen-bond donors (Lipinski definition) is 1. The van der Waals surface area contributed by atoms with Crippen molar-refractivity contribution in [2.45, 2.75) is 81.6 Å². The van der Waals surface area contributed by atoms with Crippen molar-refractivity contribution in [2.24, 2.45) is 11.8 Å². The Bertz CT molecular complexity index is 488. The van der Waals surface area contributed by atoms with E-state index in [0.717, 1.165) is 42.0 Å². The Morgan fingerprint density at radius 1 is 0.760 bits per heavy atom. The summed E-state index contributed by atoms with van der Waals surface area (Å²) < 4.78 is 0. The first-order valence-corrected chi connectivity index (χ1v) is 11.4. The van der Waals surface area contributed by atoms with Crippen LogP contribution in [-0.2, 0) is 0 Å². The van der Waals surface area contributed by atoms with Crippen molar-refractivity contribution in [2.75, 3.05) is 39.3 Å². The quantitative estimate of drug-likeness (QED) is 0.782. The van der Waals surface area contributed by atoms with Crippen molar-refractivity contribution < 1.29 is 0 Å². The van der Waals surface area contributed by atoms with Gasteiger partial charge in [-0.3, -0.25) is 14.7 Å². The van der Waals surface area contributed by atoms with Crippen LogP contribution in [0.2, 0.25) is 0 Å². The van der Waals surface area contributed by atoms with E-state index in [-0.39, 0.29) is 0 Å². The minimum absolute atomic E-state index is 0.856. The summed E-state index contributed by atoms with van der Waals surface area (Å²) in [4.78, 5) is 8.89. The third-order valence-corrected chi connectivity index (χ3v) is 8.91. The highest BCUT2D eigenvalue weighted by Gasteiger charge is 2.54. The number of rotatable bonds is 1. The zero-order valence-corrected chi connectivity index (χ0v) is 15.8. The van der Waals surface area contributed by atoms with Crippen LogP contribution >= 0.6 is 0 Å². The average molecular weight is 345 g/mol. The molecule has 0 bridgehead atoms. The first kappa shape index (κ1) is 15.9. The number of nitrogens with zero attached hydrogens (tertiary/aromatic N) is 3. The Balaban J connectivity index is 1.23. The second kappa shape index (κ2) is 6.19. The van der Waals surface area contributed by atoms with Gasteiger partial charge in [-0.2, -0.15) is 0 Å². The van der Waals surface area contributed by atoms with Gasteiger partial charge in [-0.05, 0) is 70.5 Å². The molecule has 6 aliphatic heterocycles. The topological polar surface area (TPSA) is 21.8 Å². The lowest BCUT2D eigenvalue weighted by atomic mass is 9.83. The second-order valence-corrected chi connectivity index (χ2v) is 9.90. The van der Waals surface area contributed by atoms with E-state index in [9.17, 15) is 0 Å². The van der Waals surface area contributed by atoms with E-state index in [0.29, 0.717) is 0 Å². The average Bonchev–Trinajstić information content (AvgIpc) is 3.32. The molecule has 0 radical (unpaired) electrons. The first-order valence-electron chi connectivity index (χ1n) is 11.4. The van der Waals surface area contributed by atoms with Crippen molar-refractivity contribution in [1.29, 1.82) is 0 Å². The Kier molecular flexibility index (Phi) is 3.92. The van der Waals surface area contributed by atoms with Crippen LogP contribution in [-0.4, -0.2) is 84.2 Å². The van der Waals surface area contributed by atoms with Gasteiger partial charge in [0.25, 0.3) is 0 Å². The van der Waals surface area contributed by atoms with Crippen molar-refractivity contribution in [3.63, 3.8) is 0 Å². The molecule has 6 aliphatic rings. The number of fused-ring (bicyclic) bond motifs is 6. The van der Waals surface area contributed by atoms with Crippen LogP contribution in [0.4, 0.5) is 0 Å². The molecule has 4 heteroatoms. The van der Waals surface area contributed by atoms with Gasteiger partial charge in [0, 0.05) is 55.8 Å². The van der Waals surface area contributed by atoms with Crippen molar-refractivity contribution in [1.82, 2.24) is 20.0 Å². The van der Waals surface area contributed by atoms with Crippen LogP contribution in [0.5, 0.6) is 0 Å². The van der Waals surface area contributed by atoms with E-state index in [2.05, 4.69) is 20.0 Å². The Hall–Kier alpha value is -0.160. The highest BCUT2D eigenvalue weighted by Crippen LogP contribution is 2.45. The molecule has 7 atom stereocenters. The highest BCUT2D eigenvalue weighted by molar-refractivity contribution is 5.10. The minimum atomic E-state index is 0.856. The normalized spacial score (nSPS) is 51.1. The molecule has 0 amide bonds. The summed E-state index contributed by atoms with van der Waals surface area (Å²) in [5.41, 5.74) is 0. The molecule has 7 unspecified atom stereocenters. The Labute approximate surface area is 153 Å². The molecule has 0 aromatic rings. The fourth-order valence-corrected chi connectivity index (χ4v) is 8.07. The van der Waals surface area contributed by atoms with Crippen molar-refractivity contribution >= 4 is 0 Å². The molecule has 6 rings (SSSR count). The molecule has 140 valence electrons. The molecule has 25 heavy (non-hydrogen) atoms. The van der Waals surface area contributed by atoms with Gasteiger partial charge in [0.05, 0.1) is 0 Å². The maximum atomic E-state index is 3.75. The van der Waals surface area contributed by atoms with Crippen LogP contribution in [0.25, 0.3) is 0 Å². The van der Waals surface area contributed by atoms with Gasteiger partial charge in [0.15, 0.2) is 0 Å². The number of likely N-dealkylation sites (tertiary alicyclic amines) is 1. The fourth-order valence-electron chi connectivity index (χ4n) is 8.07.